The number of nitrogens with zero attached hydrogens (tertiary/aromatic N) is 4. The van der Waals surface area contributed by atoms with Gasteiger partial charge >= 0.3 is 0 Å². The van der Waals surface area contributed by atoms with Crippen LogP contribution in [0.4, 0.5) is 5.82 Å². The van der Waals surface area contributed by atoms with E-state index in [4.69, 9.17) is 4.74 Å². The molecule has 0 spiro atoms. The average Bonchev–Trinajstić information content (AvgIpc) is 2.85. The van der Waals surface area contributed by atoms with Crippen molar-refractivity contribution in [2.75, 3.05) is 19.0 Å². The molecule has 2 rings (SSSR count). The second-order valence-corrected chi connectivity index (χ2v) is 4.25. The highest BCUT2D eigenvalue weighted by Crippen LogP contribution is 2.22. The van der Waals surface area contributed by atoms with Gasteiger partial charge in [-0.3, -0.25) is 4.68 Å². The Bertz CT molecular complexity index is 552. The molecule has 2 aromatic heterocycles. The number of hydrogen-bond acceptors (Lipinski definition) is 5. The van der Waals surface area contributed by atoms with Crippen LogP contribution >= 0.6 is 0 Å². The molecule has 1 N–H and O–H groups in total. The summed E-state index contributed by atoms with van der Waals surface area (Å²) >= 11 is 0. The molecule has 1 atom stereocenters. The molecule has 2 heterocycles. The lowest BCUT2D eigenvalue weighted by Gasteiger charge is -2.12. The molecule has 0 amide bonds. The van der Waals surface area contributed by atoms with Gasteiger partial charge in [-0.05, 0) is 13.8 Å². The summed E-state index contributed by atoms with van der Waals surface area (Å²) in [4.78, 5) is 8.98. The summed E-state index contributed by atoms with van der Waals surface area (Å²) in [6.07, 6.45) is 3.59. The van der Waals surface area contributed by atoms with Crippen LogP contribution in [0, 0.1) is 0 Å². The van der Waals surface area contributed by atoms with E-state index >= 15 is 0 Å². The molecular weight excluding hydrogens is 242 g/mol. The Balaban J connectivity index is 2.41. The van der Waals surface area contributed by atoms with Crippen LogP contribution in [-0.4, -0.2) is 33.4 Å². The largest absolute Gasteiger partial charge is 0.373 e. The molecule has 2 aromatic rings. The van der Waals surface area contributed by atoms with Crippen molar-refractivity contribution in [2.24, 2.45) is 7.05 Å². The second kappa shape index (κ2) is 5.79. The summed E-state index contributed by atoms with van der Waals surface area (Å²) in [5.74, 6) is 1.45. The summed E-state index contributed by atoms with van der Waals surface area (Å²) in [7, 11) is 3.72. The van der Waals surface area contributed by atoms with Crippen molar-refractivity contribution in [2.45, 2.75) is 20.0 Å². The average molecular weight is 261 g/mol. The lowest BCUT2D eigenvalue weighted by Crippen LogP contribution is -2.08. The second-order valence-electron chi connectivity index (χ2n) is 4.25. The fourth-order valence-corrected chi connectivity index (χ4v) is 1.80. The summed E-state index contributed by atoms with van der Waals surface area (Å²) in [6.45, 7) is 4.54. The number of nitrogens with one attached hydrogen (secondary N) is 1. The van der Waals surface area contributed by atoms with Crippen molar-refractivity contribution in [3.05, 3.63) is 24.3 Å². The first kappa shape index (κ1) is 13.5. The first-order valence-electron chi connectivity index (χ1n) is 6.31. The third kappa shape index (κ3) is 3.08. The first-order valence-corrected chi connectivity index (χ1v) is 6.31. The number of aromatic nitrogens is 4. The van der Waals surface area contributed by atoms with E-state index in [1.165, 1.54) is 0 Å². The van der Waals surface area contributed by atoms with E-state index in [0.29, 0.717) is 12.4 Å². The highest BCUT2D eigenvalue weighted by molar-refractivity contribution is 5.60. The molecule has 0 aliphatic carbocycles. The van der Waals surface area contributed by atoms with E-state index in [1.54, 1.807) is 10.9 Å². The van der Waals surface area contributed by atoms with Gasteiger partial charge in [0.1, 0.15) is 11.9 Å². The van der Waals surface area contributed by atoms with Gasteiger partial charge in [-0.2, -0.15) is 5.10 Å². The van der Waals surface area contributed by atoms with Gasteiger partial charge in [0.25, 0.3) is 0 Å². The third-order valence-corrected chi connectivity index (χ3v) is 2.78. The highest BCUT2D eigenvalue weighted by Gasteiger charge is 2.13. The Morgan fingerprint density at radius 3 is 2.79 bits per heavy atom. The first-order chi connectivity index (χ1) is 9.13. The van der Waals surface area contributed by atoms with Crippen LogP contribution in [0.3, 0.4) is 0 Å². The minimum atomic E-state index is -0.131. The van der Waals surface area contributed by atoms with Crippen LogP contribution in [-0.2, 0) is 11.8 Å². The summed E-state index contributed by atoms with van der Waals surface area (Å²) in [5, 5.41) is 7.21. The molecular formula is C13H19N5O. The van der Waals surface area contributed by atoms with E-state index in [0.717, 1.165) is 17.1 Å². The van der Waals surface area contributed by atoms with Gasteiger partial charge in [-0.25, -0.2) is 9.97 Å². The van der Waals surface area contributed by atoms with Crippen LogP contribution in [0.1, 0.15) is 25.8 Å². The highest BCUT2D eigenvalue weighted by atomic mass is 16.5. The zero-order valence-electron chi connectivity index (χ0n) is 11.7. The fraction of sp³-hybridized carbons (Fsp3) is 0.462. The molecule has 19 heavy (non-hydrogen) atoms. The fourth-order valence-electron chi connectivity index (χ4n) is 1.80. The van der Waals surface area contributed by atoms with Crippen LogP contribution in [0.25, 0.3) is 11.3 Å². The van der Waals surface area contributed by atoms with Gasteiger partial charge in [0.15, 0.2) is 5.82 Å². The van der Waals surface area contributed by atoms with Crippen LogP contribution in [0.15, 0.2) is 18.5 Å². The summed E-state index contributed by atoms with van der Waals surface area (Å²) in [6, 6.07) is 1.90. The Morgan fingerprint density at radius 1 is 1.42 bits per heavy atom. The van der Waals surface area contributed by atoms with Gasteiger partial charge in [0.2, 0.25) is 0 Å². The summed E-state index contributed by atoms with van der Waals surface area (Å²) in [5.41, 5.74) is 1.81. The van der Waals surface area contributed by atoms with Crippen molar-refractivity contribution in [1.29, 1.82) is 0 Å². The third-order valence-electron chi connectivity index (χ3n) is 2.78. The Labute approximate surface area is 112 Å². The smallest absolute Gasteiger partial charge is 0.159 e. The number of anilines is 1. The minimum Gasteiger partial charge on any atom is -0.373 e. The van der Waals surface area contributed by atoms with E-state index in [-0.39, 0.29) is 6.10 Å². The summed E-state index contributed by atoms with van der Waals surface area (Å²) < 4.78 is 7.30. The standard InChI is InChI=1S/C13H19N5O/c1-5-19-9(2)13-16-11(6-12(14-3)17-13)10-7-15-18(4)8-10/h6-9H,5H2,1-4H3,(H,14,16,17). The van der Waals surface area contributed by atoms with Crippen LogP contribution < -0.4 is 5.32 Å². The molecule has 0 saturated carbocycles. The Kier molecular flexibility index (Phi) is 4.11. The number of aryl methyl sites for hydroxylation is 1. The van der Waals surface area contributed by atoms with Crippen LogP contribution in [0.2, 0.25) is 0 Å². The van der Waals surface area contributed by atoms with Crippen molar-refractivity contribution in [3.63, 3.8) is 0 Å². The molecule has 0 saturated heterocycles. The van der Waals surface area contributed by atoms with Crippen molar-refractivity contribution >= 4 is 5.82 Å². The van der Waals surface area contributed by atoms with E-state index in [9.17, 15) is 0 Å². The van der Waals surface area contributed by atoms with Crippen molar-refractivity contribution in [1.82, 2.24) is 19.7 Å². The van der Waals surface area contributed by atoms with Crippen molar-refractivity contribution in [3.8, 4) is 11.3 Å². The molecule has 0 aromatic carbocycles. The lowest BCUT2D eigenvalue weighted by atomic mass is 10.2. The predicted octanol–water partition coefficient (Wildman–Crippen LogP) is 2.02. The molecule has 0 fully saturated rings. The SMILES string of the molecule is CCOC(C)c1nc(NC)cc(-c2cnn(C)c2)n1. The number of hydrogen-bond donors (Lipinski definition) is 1. The van der Waals surface area contributed by atoms with E-state index in [2.05, 4.69) is 20.4 Å². The molecule has 1 unspecified atom stereocenters. The van der Waals surface area contributed by atoms with Gasteiger partial charge in [-0.15, -0.1) is 0 Å². The van der Waals surface area contributed by atoms with Gasteiger partial charge < -0.3 is 10.1 Å². The molecule has 0 aliphatic heterocycles. The molecule has 0 radical (unpaired) electrons. The van der Waals surface area contributed by atoms with Gasteiger partial charge in [0, 0.05) is 38.5 Å². The maximum absolute atomic E-state index is 5.55. The molecule has 6 nitrogen and oxygen atoms in total. The Morgan fingerprint density at radius 2 is 2.21 bits per heavy atom. The maximum atomic E-state index is 5.55. The topological polar surface area (TPSA) is 64.9 Å². The zero-order chi connectivity index (χ0) is 13.8. The van der Waals surface area contributed by atoms with Crippen molar-refractivity contribution < 1.29 is 4.74 Å². The van der Waals surface area contributed by atoms with Gasteiger partial charge in [0.05, 0.1) is 11.9 Å². The van der Waals surface area contributed by atoms with E-state index in [1.807, 2.05) is 40.2 Å². The minimum absolute atomic E-state index is 0.131. The van der Waals surface area contributed by atoms with Crippen LogP contribution in [0.5, 0.6) is 0 Å². The molecule has 6 heteroatoms. The van der Waals surface area contributed by atoms with Gasteiger partial charge in [-0.1, -0.05) is 0 Å². The Hall–Kier alpha value is -1.95. The quantitative estimate of drug-likeness (QED) is 0.892. The lowest BCUT2D eigenvalue weighted by molar-refractivity contribution is 0.0702. The maximum Gasteiger partial charge on any atom is 0.159 e. The zero-order valence-corrected chi connectivity index (χ0v) is 11.7. The normalized spacial score (nSPS) is 12.4. The molecule has 0 aliphatic rings. The molecule has 0 bridgehead atoms. The molecule has 102 valence electrons. The monoisotopic (exact) mass is 261 g/mol. The predicted molar refractivity (Wildman–Crippen MR) is 73.8 cm³/mol. The number of rotatable bonds is 5. The number of ether oxygens (including phenoxy) is 1. The van der Waals surface area contributed by atoms with E-state index < -0.39 is 0 Å².